The minimum absolute atomic E-state index is 0.152. The second kappa shape index (κ2) is 8.13. The zero-order chi connectivity index (χ0) is 21.1. The Kier molecular flexibility index (Phi) is 5.79. The highest BCUT2D eigenvalue weighted by Crippen LogP contribution is 2.39. The highest BCUT2D eigenvalue weighted by molar-refractivity contribution is 7.92. The second-order valence-electron chi connectivity index (χ2n) is 6.95. The van der Waals surface area contributed by atoms with Gasteiger partial charge in [0.2, 0.25) is 14.8 Å². The number of urea groups is 1. The zero-order valence-corrected chi connectivity index (χ0v) is 16.6. The normalized spacial score (nSPS) is 17.2. The summed E-state index contributed by atoms with van der Waals surface area (Å²) in [4.78, 5) is 13.6. The van der Waals surface area contributed by atoms with E-state index in [9.17, 15) is 13.2 Å². The SMILES string of the molecule is CC(F)(C1CCN(C(=O)Nc2ccnnc2)CC1)S(=O)(=O)c1cccc(C#N)c1. The Balaban J connectivity index is 1.69. The molecule has 1 unspecified atom stereocenters. The molecular formula is C19H20FN5O3S. The van der Waals surface area contributed by atoms with Gasteiger partial charge in [-0.05, 0) is 44.0 Å². The number of likely N-dealkylation sites (tertiary alicyclic amines) is 1. The quantitative estimate of drug-likeness (QED) is 0.818. The maximum atomic E-state index is 15.5. The Morgan fingerprint density at radius 3 is 2.66 bits per heavy atom. The number of hydrogen-bond acceptors (Lipinski definition) is 6. The van der Waals surface area contributed by atoms with Crippen molar-refractivity contribution in [3.05, 3.63) is 48.3 Å². The molecule has 152 valence electrons. The third kappa shape index (κ3) is 4.19. The fraction of sp³-hybridized carbons (Fsp3) is 0.368. The number of sulfone groups is 1. The summed E-state index contributed by atoms with van der Waals surface area (Å²) in [6.07, 6.45) is 3.26. The van der Waals surface area contributed by atoms with Gasteiger partial charge in [-0.15, -0.1) is 0 Å². The van der Waals surface area contributed by atoms with Gasteiger partial charge in [-0.3, -0.25) is 0 Å². The Hall–Kier alpha value is -3.06. The molecule has 0 aliphatic carbocycles. The van der Waals surface area contributed by atoms with Crippen molar-refractivity contribution in [2.75, 3.05) is 18.4 Å². The predicted octanol–water partition coefficient (Wildman–Crippen LogP) is 2.75. The molecule has 2 aromatic rings. The first-order chi connectivity index (χ1) is 13.8. The first-order valence-corrected chi connectivity index (χ1v) is 10.5. The van der Waals surface area contributed by atoms with Crippen molar-refractivity contribution in [3.8, 4) is 6.07 Å². The number of carbonyl (C=O) groups is 1. The molecule has 29 heavy (non-hydrogen) atoms. The molecule has 1 N–H and O–H groups in total. The van der Waals surface area contributed by atoms with Gasteiger partial charge in [0, 0.05) is 19.0 Å². The van der Waals surface area contributed by atoms with Gasteiger partial charge in [0.05, 0.1) is 34.6 Å². The summed E-state index contributed by atoms with van der Waals surface area (Å²) in [6.45, 7) is 1.51. The van der Waals surface area contributed by atoms with Crippen LogP contribution in [0.4, 0.5) is 14.9 Å². The van der Waals surface area contributed by atoms with Crippen molar-refractivity contribution in [3.63, 3.8) is 0 Å². The van der Waals surface area contributed by atoms with Crippen LogP contribution in [0.25, 0.3) is 0 Å². The summed E-state index contributed by atoms with van der Waals surface area (Å²) in [7, 11) is -4.31. The predicted molar refractivity (Wildman–Crippen MR) is 103 cm³/mol. The Labute approximate surface area is 168 Å². The molecule has 8 nitrogen and oxygen atoms in total. The van der Waals surface area contributed by atoms with Gasteiger partial charge in [-0.2, -0.15) is 15.5 Å². The molecule has 0 radical (unpaired) electrons. The van der Waals surface area contributed by atoms with Crippen LogP contribution in [0.3, 0.4) is 0 Å². The highest BCUT2D eigenvalue weighted by Gasteiger charge is 2.48. The van der Waals surface area contributed by atoms with Gasteiger partial charge in [0.1, 0.15) is 0 Å². The van der Waals surface area contributed by atoms with E-state index in [0.717, 1.165) is 6.92 Å². The minimum Gasteiger partial charge on any atom is -0.325 e. The molecule has 3 rings (SSSR count). The largest absolute Gasteiger partial charge is 0.325 e. The molecule has 1 atom stereocenters. The fourth-order valence-electron chi connectivity index (χ4n) is 3.35. The van der Waals surface area contributed by atoms with Gasteiger partial charge in [-0.25, -0.2) is 17.6 Å². The number of halogens is 1. The summed E-state index contributed by atoms with van der Waals surface area (Å²) in [5.41, 5.74) is 0.640. The lowest BCUT2D eigenvalue weighted by molar-refractivity contribution is 0.117. The number of carbonyl (C=O) groups excluding carboxylic acids is 1. The number of hydrogen-bond donors (Lipinski definition) is 1. The molecule has 1 fully saturated rings. The van der Waals surface area contributed by atoms with Crippen LogP contribution < -0.4 is 5.32 Å². The summed E-state index contributed by atoms with van der Waals surface area (Å²) >= 11 is 0. The van der Waals surface area contributed by atoms with E-state index in [0.29, 0.717) is 5.69 Å². The van der Waals surface area contributed by atoms with E-state index in [1.165, 1.54) is 41.6 Å². The third-order valence-electron chi connectivity index (χ3n) is 5.15. The first kappa shape index (κ1) is 20.7. The van der Waals surface area contributed by atoms with Crippen LogP contribution in [0.5, 0.6) is 0 Å². The van der Waals surface area contributed by atoms with Gasteiger partial charge in [0.25, 0.3) is 0 Å². The van der Waals surface area contributed by atoms with Crippen LogP contribution in [-0.4, -0.2) is 47.6 Å². The van der Waals surface area contributed by atoms with E-state index in [1.54, 1.807) is 6.07 Å². The molecule has 2 amide bonds. The molecule has 1 aromatic carbocycles. The van der Waals surface area contributed by atoms with Crippen molar-refractivity contribution >= 4 is 21.6 Å². The molecule has 2 heterocycles. The zero-order valence-electron chi connectivity index (χ0n) is 15.7. The van der Waals surface area contributed by atoms with Gasteiger partial charge in [0.15, 0.2) is 0 Å². The maximum absolute atomic E-state index is 15.5. The van der Waals surface area contributed by atoms with Gasteiger partial charge < -0.3 is 10.2 Å². The van der Waals surface area contributed by atoms with Crippen LogP contribution >= 0.6 is 0 Å². The molecule has 0 spiro atoms. The standard InChI is InChI=1S/C19H20FN5O3S/c1-19(20,29(27,28)17-4-2-3-14(11-17)12-21)15-6-9-25(10-7-15)18(26)24-16-5-8-22-23-13-16/h2-5,8,11,13,15H,6-7,9-10H2,1H3,(H,22,24,26). The minimum atomic E-state index is -4.31. The maximum Gasteiger partial charge on any atom is 0.321 e. The fourth-order valence-corrected chi connectivity index (χ4v) is 5.02. The van der Waals surface area contributed by atoms with E-state index in [4.69, 9.17) is 5.26 Å². The Morgan fingerprint density at radius 1 is 1.31 bits per heavy atom. The molecule has 0 bridgehead atoms. The average molecular weight is 417 g/mol. The van der Waals surface area contributed by atoms with Crippen LogP contribution in [0.1, 0.15) is 25.3 Å². The molecule has 1 aliphatic heterocycles. The van der Waals surface area contributed by atoms with E-state index in [1.807, 2.05) is 6.07 Å². The highest BCUT2D eigenvalue weighted by atomic mass is 32.2. The number of alkyl halides is 1. The number of anilines is 1. The smallest absolute Gasteiger partial charge is 0.321 e. The van der Waals surface area contributed by atoms with E-state index >= 15 is 4.39 Å². The number of piperidine rings is 1. The molecule has 10 heteroatoms. The number of rotatable bonds is 4. The average Bonchev–Trinajstić information content (AvgIpc) is 2.74. The van der Waals surface area contributed by atoms with E-state index in [-0.39, 0.29) is 42.4 Å². The summed E-state index contributed by atoms with van der Waals surface area (Å²) in [5.74, 6) is -0.773. The van der Waals surface area contributed by atoms with Crippen molar-refractivity contribution in [2.45, 2.75) is 29.7 Å². The monoisotopic (exact) mass is 417 g/mol. The van der Waals surface area contributed by atoms with Crippen LogP contribution in [-0.2, 0) is 9.84 Å². The van der Waals surface area contributed by atoms with Crippen LogP contribution in [0.2, 0.25) is 0 Å². The van der Waals surface area contributed by atoms with Crippen molar-refractivity contribution in [1.82, 2.24) is 15.1 Å². The van der Waals surface area contributed by atoms with Crippen molar-refractivity contribution < 1.29 is 17.6 Å². The number of benzene rings is 1. The lowest BCUT2D eigenvalue weighted by atomic mass is 9.92. The van der Waals surface area contributed by atoms with Gasteiger partial charge in [-0.1, -0.05) is 6.07 Å². The number of nitrogens with zero attached hydrogens (tertiary/aromatic N) is 4. The summed E-state index contributed by atoms with van der Waals surface area (Å²) < 4.78 is 41.3. The van der Waals surface area contributed by atoms with Crippen molar-refractivity contribution in [2.24, 2.45) is 5.92 Å². The second-order valence-corrected chi connectivity index (χ2v) is 9.23. The number of aromatic nitrogens is 2. The topological polar surface area (TPSA) is 116 Å². The molecule has 1 saturated heterocycles. The molecule has 1 aliphatic rings. The Morgan fingerprint density at radius 2 is 2.03 bits per heavy atom. The Bertz CT molecular complexity index is 1030. The summed E-state index contributed by atoms with van der Waals surface area (Å²) in [6, 6.07) is 8.45. The van der Waals surface area contributed by atoms with E-state index < -0.39 is 20.8 Å². The third-order valence-corrected chi connectivity index (χ3v) is 7.40. The first-order valence-electron chi connectivity index (χ1n) is 9.02. The molecule has 0 saturated carbocycles. The van der Waals surface area contributed by atoms with Gasteiger partial charge >= 0.3 is 6.03 Å². The molecule has 1 aromatic heterocycles. The van der Waals surface area contributed by atoms with Crippen LogP contribution in [0, 0.1) is 17.2 Å². The number of amides is 2. The summed E-state index contributed by atoms with van der Waals surface area (Å²) in [5, 5.41) is 16.4. The lowest BCUT2D eigenvalue weighted by Crippen LogP contribution is -2.48. The van der Waals surface area contributed by atoms with Crippen LogP contribution in [0.15, 0.2) is 47.6 Å². The number of nitriles is 1. The molecular weight excluding hydrogens is 397 g/mol. The van der Waals surface area contributed by atoms with E-state index in [2.05, 4.69) is 15.5 Å². The van der Waals surface area contributed by atoms with Crippen molar-refractivity contribution in [1.29, 1.82) is 5.26 Å². The number of nitrogens with one attached hydrogen (secondary N) is 1. The lowest BCUT2D eigenvalue weighted by Gasteiger charge is -2.37.